The van der Waals surface area contributed by atoms with E-state index < -0.39 is 0 Å². The Morgan fingerprint density at radius 1 is 1.38 bits per heavy atom. The highest BCUT2D eigenvalue weighted by Crippen LogP contribution is 2.24. The number of hydrogen-bond acceptors (Lipinski definition) is 4. The average Bonchev–Trinajstić information content (AvgIpc) is 2.28. The molecular weight excluding hydrogens is 226 g/mol. The fourth-order valence-corrected chi connectivity index (χ4v) is 2.24. The Hall–Kier alpha value is -0.870. The lowest BCUT2D eigenvalue weighted by Crippen LogP contribution is -2.30. The number of rotatable bonds is 3. The lowest BCUT2D eigenvalue weighted by molar-refractivity contribution is 0.0763. The molecule has 1 heterocycles. The van der Waals surface area contributed by atoms with Gasteiger partial charge in [0, 0.05) is 12.5 Å². The maximum Gasteiger partial charge on any atom is 0.149 e. The number of halogens is 1. The minimum absolute atomic E-state index is 0.187. The first-order valence-corrected chi connectivity index (χ1v) is 6.03. The molecule has 16 heavy (non-hydrogen) atoms. The fraction of sp³-hybridized carbons (Fsp3) is 0.636. The summed E-state index contributed by atoms with van der Waals surface area (Å²) >= 11 is 5.73. The van der Waals surface area contributed by atoms with Crippen LogP contribution in [0.1, 0.15) is 25.7 Å². The summed E-state index contributed by atoms with van der Waals surface area (Å²) in [4.78, 5) is 8.04. The molecule has 0 saturated heterocycles. The highest BCUT2D eigenvalue weighted by atomic mass is 35.5. The Bertz CT molecular complexity index is 348. The first-order chi connectivity index (χ1) is 7.75. The van der Waals surface area contributed by atoms with Crippen molar-refractivity contribution in [1.82, 2.24) is 9.97 Å². The standard InChI is InChI=1S/C11H16ClN3O/c12-10-6-13-7-11(15-10)14-5-8-3-1-2-4-9(8)16/h6-9,16H,1-5H2,(H,14,15). The van der Waals surface area contributed by atoms with E-state index in [2.05, 4.69) is 15.3 Å². The molecular formula is C11H16ClN3O. The Morgan fingerprint density at radius 3 is 2.94 bits per heavy atom. The molecule has 0 aromatic carbocycles. The maximum absolute atomic E-state index is 9.80. The predicted octanol–water partition coefficient (Wildman–Crippen LogP) is 2.09. The molecule has 1 saturated carbocycles. The lowest BCUT2D eigenvalue weighted by Gasteiger charge is -2.27. The van der Waals surface area contributed by atoms with Crippen molar-refractivity contribution in [2.75, 3.05) is 11.9 Å². The number of hydrogen-bond donors (Lipinski definition) is 2. The van der Waals surface area contributed by atoms with Crippen molar-refractivity contribution in [2.24, 2.45) is 5.92 Å². The fourth-order valence-electron chi connectivity index (χ4n) is 2.09. The van der Waals surface area contributed by atoms with Crippen LogP contribution < -0.4 is 5.32 Å². The van der Waals surface area contributed by atoms with Gasteiger partial charge in [0.2, 0.25) is 0 Å². The quantitative estimate of drug-likeness (QED) is 0.851. The second-order valence-corrected chi connectivity index (χ2v) is 4.61. The summed E-state index contributed by atoms with van der Waals surface area (Å²) in [5, 5.41) is 13.4. The van der Waals surface area contributed by atoms with Gasteiger partial charge in [-0.15, -0.1) is 0 Å². The molecule has 2 atom stereocenters. The van der Waals surface area contributed by atoms with E-state index in [1.165, 1.54) is 12.6 Å². The summed E-state index contributed by atoms with van der Waals surface area (Å²) in [6.07, 6.45) is 7.27. The van der Waals surface area contributed by atoms with Gasteiger partial charge in [0.15, 0.2) is 0 Å². The highest BCUT2D eigenvalue weighted by molar-refractivity contribution is 6.29. The van der Waals surface area contributed by atoms with Gasteiger partial charge >= 0.3 is 0 Å². The molecule has 0 aliphatic heterocycles. The molecule has 1 fully saturated rings. The minimum atomic E-state index is -0.187. The van der Waals surface area contributed by atoms with Gasteiger partial charge in [0.1, 0.15) is 11.0 Å². The van der Waals surface area contributed by atoms with Crippen molar-refractivity contribution in [1.29, 1.82) is 0 Å². The van der Waals surface area contributed by atoms with Crippen LogP contribution in [0.3, 0.4) is 0 Å². The van der Waals surface area contributed by atoms with Crippen LogP contribution >= 0.6 is 11.6 Å². The third-order valence-corrected chi connectivity index (χ3v) is 3.20. The number of aliphatic hydroxyl groups is 1. The first kappa shape index (κ1) is 11.6. The zero-order valence-electron chi connectivity index (χ0n) is 9.06. The zero-order chi connectivity index (χ0) is 11.4. The van der Waals surface area contributed by atoms with Crippen LogP contribution in [0.5, 0.6) is 0 Å². The van der Waals surface area contributed by atoms with Crippen molar-refractivity contribution in [3.8, 4) is 0 Å². The van der Waals surface area contributed by atoms with Crippen molar-refractivity contribution in [3.63, 3.8) is 0 Å². The molecule has 1 aliphatic carbocycles. The van der Waals surface area contributed by atoms with Crippen LogP contribution in [0.25, 0.3) is 0 Å². The summed E-state index contributed by atoms with van der Waals surface area (Å²) in [7, 11) is 0. The van der Waals surface area contributed by atoms with Gasteiger partial charge in [0.05, 0.1) is 18.5 Å². The van der Waals surface area contributed by atoms with Gasteiger partial charge in [-0.2, -0.15) is 0 Å². The van der Waals surface area contributed by atoms with E-state index in [9.17, 15) is 5.11 Å². The third kappa shape index (κ3) is 3.06. The largest absolute Gasteiger partial charge is 0.393 e. The SMILES string of the molecule is OC1CCCCC1CNc1cncc(Cl)n1. The van der Waals surface area contributed by atoms with Gasteiger partial charge in [-0.1, -0.05) is 24.4 Å². The number of aromatic nitrogens is 2. The topological polar surface area (TPSA) is 58.0 Å². The molecule has 2 N–H and O–H groups in total. The summed E-state index contributed by atoms with van der Waals surface area (Å²) in [5.74, 6) is 0.986. The van der Waals surface area contributed by atoms with E-state index in [4.69, 9.17) is 11.6 Å². The van der Waals surface area contributed by atoms with Gasteiger partial charge in [-0.3, -0.25) is 4.98 Å². The number of aliphatic hydroxyl groups excluding tert-OH is 1. The third-order valence-electron chi connectivity index (χ3n) is 3.02. The molecule has 5 heteroatoms. The first-order valence-electron chi connectivity index (χ1n) is 5.65. The Balaban J connectivity index is 1.86. The maximum atomic E-state index is 9.80. The van der Waals surface area contributed by atoms with Crippen molar-refractivity contribution in [2.45, 2.75) is 31.8 Å². The van der Waals surface area contributed by atoms with Crippen LogP contribution in [0, 0.1) is 5.92 Å². The van der Waals surface area contributed by atoms with Crippen molar-refractivity contribution < 1.29 is 5.11 Å². The normalized spacial score (nSPS) is 25.4. The van der Waals surface area contributed by atoms with E-state index in [1.54, 1.807) is 6.20 Å². The van der Waals surface area contributed by atoms with E-state index >= 15 is 0 Å². The average molecular weight is 242 g/mol. The minimum Gasteiger partial charge on any atom is -0.393 e. The number of nitrogens with zero attached hydrogens (tertiary/aromatic N) is 2. The van der Waals surface area contributed by atoms with E-state index in [-0.39, 0.29) is 6.10 Å². The van der Waals surface area contributed by atoms with Gasteiger partial charge < -0.3 is 10.4 Å². The number of anilines is 1. The van der Waals surface area contributed by atoms with Crippen LogP contribution in [0.4, 0.5) is 5.82 Å². The summed E-state index contributed by atoms with van der Waals surface area (Å²) in [6.45, 7) is 0.732. The molecule has 4 nitrogen and oxygen atoms in total. The van der Waals surface area contributed by atoms with Crippen LogP contribution in [-0.4, -0.2) is 27.7 Å². The van der Waals surface area contributed by atoms with Gasteiger partial charge in [-0.05, 0) is 12.8 Å². The molecule has 0 radical (unpaired) electrons. The molecule has 1 aromatic rings. The van der Waals surface area contributed by atoms with Crippen molar-refractivity contribution in [3.05, 3.63) is 17.5 Å². The van der Waals surface area contributed by atoms with Crippen LogP contribution in [0.15, 0.2) is 12.4 Å². The molecule has 1 aromatic heterocycles. The zero-order valence-corrected chi connectivity index (χ0v) is 9.82. The smallest absolute Gasteiger partial charge is 0.149 e. The van der Waals surface area contributed by atoms with Crippen molar-refractivity contribution >= 4 is 17.4 Å². The molecule has 88 valence electrons. The second-order valence-electron chi connectivity index (χ2n) is 4.22. The van der Waals surface area contributed by atoms with E-state index in [0.29, 0.717) is 16.9 Å². The monoisotopic (exact) mass is 241 g/mol. The molecule has 0 amide bonds. The van der Waals surface area contributed by atoms with Crippen LogP contribution in [-0.2, 0) is 0 Å². The molecule has 1 aliphatic rings. The van der Waals surface area contributed by atoms with E-state index in [1.807, 2.05) is 0 Å². The number of nitrogens with one attached hydrogen (secondary N) is 1. The molecule has 2 rings (SSSR count). The second kappa shape index (κ2) is 5.46. The lowest BCUT2D eigenvalue weighted by atomic mass is 9.86. The summed E-state index contributed by atoms with van der Waals surface area (Å²) in [5.41, 5.74) is 0. The van der Waals surface area contributed by atoms with Crippen LogP contribution in [0.2, 0.25) is 5.15 Å². The predicted molar refractivity (Wildman–Crippen MR) is 63.5 cm³/mol. The van der Waals surface area contributed by atoms with Gasteiger partial charge in [0.25, 0.3) is 0 Å². The summed E-state index contributed by atoms with van der Waals surface area (Å²) < 4.78 is 0. The highest BCUT2D eigenvalue weighted by Gasteiger charge is 2.22. The Labute approximate surface area is 100 Å². The molecule has 2 unspecified atom stereocenters. The molecule has 0 spiro atoms. The van der Waals surface area contributed by atoms with Gasteiger partial charge in [-0.25, -0.2) is 4.98 Å². The Morgan fingerprint density at radius 2 is 2.19 bits per heavy atom. The Kier molecular flexibility index (Phi) is 3.96. The summed E-state index contributed by atoms with van der Waals surface area (Å²) in [6, 6.07) is 0. The van der Waals surface area contributed by atoms with E-state index in [0.717, 1.165) is 25.8 Å². The molecule has 0 bridgehead atoms.